The smallest absolute Gasteiger partial charge is 0.146 e. The van der Waals surface area contributed by atoms with E-state index in [0.29, 0.717) is 6.61 Å². The number of methoxy groups -OCH3 is 1. The van der Waals surface area contributed by atoms with Gasteiger partial charge in [0.1, 0.15) is 12.9 Å². The Kier molecular flexibility index (Phi) is 5.86. The van der Waals surface area contributed by atoms with E-state index in [4.69, 9.17) is 9.99 Å². The highest BCUT2D eigenvalue weighted by Crippen LogP contribution is 1.87. The van der Waals surface area contributed by atoms with Crippen LogP contribution in [0.3, 0.4) is 0 Å². The molecular weight excluding hydrogens is 124 g/mol. The maximum Gasteiger partial charge on any atom is 0.146 e. The lowest BCUT2D eigenvalue weighted by Crippen LogP contribution is -2.14. The molecule has 0 aromatic carbocycles. The molecule has 1 atom stereocenters. The summed E-state index contributed by atoms with van der Waals surface area (Å²) >= 11 is 0. The zero-order valence-corrected chi connectivity index (χ0v) is 5.66. The molecular formula is C5H12O4. The van der Waals surface area contributed by atoms with Gasteiger partial charge in [0.2, 0.25) is 0 Å². The van der Waals surface area contributed by atoms with Crippen molar-refractivity contribution in [3.8, 4) is 0 Å². The van der Waals surface area contributed by atoms with Gasteiger partial charge in [-0.3, -0.25) is 5.26 Å². The maximum atomic E-state index is 8.01. The highest BCUT2D eigenvalue weighted by Gasteiger charge is 1.98. The average molecular weight is 136 g/mol. The predicted octanol–water partition coefficient (Wildman–Crippen LogP) is 0.485. The third-order valence-electron chi connectivity index (χ3n) is 0.734. The molecule has 0 radical (unpaired) electrons. The lowest BCUT2D eigenvalue weighted by molar-refractivity contribution is -0.285. The third kappa shape index (κ3) is 5.72. The van der Waals surface area contributed by atoms with Gasteiger partial charge in [-0.25, -0.2) is 4.89 Å². The Balaban J connectivity index is 2.88. The van der Waals surface area contributed by atoms with E-state index in [0.717, 1.165) is 0 Å². The molecule has 0 amide bonds. The fourth-order valence-electron chi connectivity index (χ4n) is 0.328. The number of hydrogen-bond donors (Lipinski definition) is 1. The quantitative estimate of drug-likeness (QED) is 0.258. The molecule has 0 saturated carbocycles. The second-order valence-corrected chi connectivity index (χ2v) is 1.69. The highest BCUT2D eigenvalue weighted by molar-refractivity contribution is 4.40. The minimum atomic E-state index is -0.292. The molecule has 0 aliphatic rings. The molecule has 4 nitrogen and oxygen atoms in total. The monoisotopic (exact) mass is 136 g/mol. The van der Waals surface area contributed by atoms with Crippen LogP contribution in [-0.4, -0.2) is 31.9 Å². The van der Waals surface area contributed by atoms with Crippen molar-refractivity contribution >= 4 is 0 Å². The van der Waals surface area contributed by atoms with Crippen molar-refractivity contribution in [1.29, 1.82) is 0 Å². The van der Waals surface area contributed by atoms with E-state index >= 15 is 0 Å². The largest absolute Gasteiger partial charge is 0.359 e. The van der Waals surface area contributed by atoms with Gasteiger partial charge in [-0.15, -0.1) is 0 Å². The van der Waals surface area contributed by atoms with Crippen LogP contribution in [0.2, 0.25) is 0 Å². The van der Waals surface area contributed by atoms with E-state index in [-0.39, 0.29) is 12.9 Å². The second-order valence-electron chi connectivity index (χ2n) is 1.69. The standard InChI is InChI=1S/C5H12O4/c1-5(9-6)3-8-4-7-2/h5-6H,3-4H2,1-2H3. The summed E-state index contributed by atoms with van der Waals surface area (Å²) in [6, 6.07) is 0. The molecule has 1 unspecified atom stereocenters. The van der Waals surface area contributed by atoms with Gasteiger partial charge >= 0.3 is 0 Å². The summed E-state index contributed by atoms with van der Waals surface area (Å²) in [7, 11) is 1.53. The number of ether oxygens (including phenoxy) is 2. The summed E-state index contributed by atoms with van der Waals surface area (Å²) in [6.45, 7) is 2.26. The first-order valence-electron chi connectivity index (χ1n) is 2.68. The lowest BCUT2D eigenvalue weighted by atomic mass is 10.4. The van der Waals surface area contributed by atoms with Crippen molar-refractivity contribution in [3.63, 3.8) is 0 Å². The summed E-state index contributed by atoms with van der Waals surface area (Å²) < 4.78 is 9.41. The van der Waals surface area contributed by atoms with Crippen LogP contribution >= 0.6 is 0 Å². The van der Waals surface area contributed by atoms with Gasteiger partial charge in [0.15, 0.2) is 0 Å². The molecule has 0 heterocycles. The second kappa shape index (κ2) is 5.97. The summed E-state index contributed by atoms with van der Waals surface area (Å²) in [6.07, 6.45) is -0.292. The van der Waals surface area contributed by atoms with Crippen LogP contribution in [0.5, 0.6) is 0 Å². The Labute approximate surface area is 54.3 Å². The van der Waals surface area contributed by atoms with Crippen LogP contribution in [0.4, 0.5) is 0 Å². The predicted molar refractivity (Wildman–Crippen MR) is 31.0 cm³/mol. The fraction of sp³-hybridized carbons (Fsp3) is 1.00. The van der Waals surface area contributed by atoms with E-state index in [1.54, 1.807) is 6.92 Å². The van der Waals surface area contributed by atoms with Crippen molar-refractivity contribution in [1.82, 2.24) is 0 Å². The molecule has 0 rings (SSSR count). The van der Waals surface area contributed by atoms with Gasteiger partial charge < -0.3 is 9.47 Å². The van der Waals surface area contributed by atoms with Crippen molar-refractivity contribution in [2.45, 2.75) is 13.0 Å². The Morgan fingerprint density at radius 3 is 2.67 bits per heavy atom. The van der Waals surface area contributed by atoms with Crippen LogP contribution in [0.25, 0.3) is 0 Å². The van der Waals surface area contributed by atoms with E-state index in [1.165, 1.54) is 7.11 Å². The molecule has 4 heteroatoms. The van der Waals surface area contributed by atoms with Crippen LogP contribution in [0.15, 0.2) is 0 Å². The molecule has 0 fully saturated rings. The van der Waals surface area contributed by atoms with Gasteiger partial charge in [-0.05, 0) is 6.92 Å². The molecule has 1 N–H and O–H groups in total. The Morgan fingerprint density at radius 1 is 1.56 bits per heavy atom. The summed E-state index contributed by atoms with van der Waals surface area (Å²) in [5.41, 5.74) is 0. The highest BCUT2D eigenvalue weighted by atomic mass is 17.1. The number of rotatable bonds is 5. The first-order chi connectivity index (χ1) is 4.31. The molecule has 0 spiro atoms. The van der Waals surface area contributed by atoms with E-state index < -0.39 is 0 Å². The van der Waals surface area contributed by atoms with Crippen LogP contribution in [-0.2, 0) is 14.4 Å². The van der Waals surface area contributed by atoms with Crippen LogP contribution < -0.4 is 0 Å². The van der Waals surface area contributed by atoms with Crippen molar-refractivity contribution < 1.29 is 19.6 Å². The van der Waals surface area contributed by atoms with Crippen molar-refractivity contribution in [3.05, 3.63) is 0 Å². The zero-order valence-electron chi connectivity index (χ0n) is 5.66. The van der Waals surface area contributed by atoms with Crippen molar-refractivity contribution in [2.75, 3.05) is 20.5 Å². The summed E-state index contributed by atoms with van der Waals surface area (Å²) in [5, 5.41) is 8.01. The van der Waals surface area contributed by atoms with Crippen LogP contribution in [0, 0.1) is 0 Å². The number of hydrogen-bond acceptors (Lipinski definition) is 4. The lowest BCUT2D eigenvalue weighted by Gasteiger charge is -2.06. The zero-order chi connectivity index (χ0) is 7.11. The van der Waals surface area contributed by atoms with Crippen LogP contribution in [0.1, 0.15) is 6.92 Å². The SMILES string of the molecule is COCOCC(C)OO. The normalized spacial score (nSPS) is 13.7. The molecule has 0 aliphatic heterocycles. The third-order valence-corrected chi connectivity index (χ3v) is 0.734. The Bertz CT molecular complexity index is 56.9. The fourth-order valence-corrected chi connectivity index (χ4v) is 0.328. The van der Waals surface area contributed by atoms with E-state index in [1.807, 2.05) is 0 Å². The molecule has 0 aromatic rings. The van der Waals surface area contributed by atoms with Gasteiger partial charge in [0, 0.05) is 7.11 Å². The molecule has 0 aliphatic carbocycles. The first-order valence-corrected chi connectivity index (χ1v) is 2.68. The summed E-state index contributed by atoms with van der Waals surface area (Å²) in [5.74, 6) is 0. The topological polar surface area (TPSA) is 47.9 Å². The van der Waals surface area contributed by atoms with Crippen molar-refractivity contribution in [2.24, 2.45) is 0 Å². The van der Waals surface area contributed by atoms with E-state index in [9.17, 15) is 0 Å². The Morgan fingerprint density at radius 2 is 2.22 bits per heavy atom. The minimum absolute atomic E-state index is 0.230. The van der Waals surface area contributed by atoms with Gasteiger partial charge in [0.25, 0.3) is 0 Å². The molecule has 0 bridgehead atoms. The molecule has 0 saturated heterocycles. The molecule has 0 aromatic heterocycles. The van der Waals surface area contributed by atoms with E-state index in [2.05, 4.69) is 9.62 Å². The first kappa shape index (κ1) is 8.84. The van der Waals surface area contributed by atoms with Gasteiger partial charge in [0.05, 0.1) is 6.61 Å². The average Bonchev–Trinajstić information content (AvgIpc) is 1.89. The van der Waals surface area contributed by atoms with Gasteiger partial charge in [-0.1, -0.05) is 0 Å². The summed E-state index contributed by atoms with van der Waals surface area (Å²) in [4.78, 5) is 3.92. The molecule has 9 heavy (non-hydrogen) atoms. The maximum absolute atomic E-state index is 8.01. The Hall–Kier alpha value is -0.160. The molecule has 56 valence electrons. The minimum Gasteiger partial charge on any atom is -0.359 e. The van der Waals surface area contributed by atoms with Gasteiger partial charge in [-0.2, -0.15) is 0 Å².